The number of tetrazole rings is 1. The number of hydrogen-bond acceptors (Lipinski definition) is 4. The maximum Gasteiger partial charge on any atom is 0.368 e. The van der Waals surface area contributed by atoms with Gasteiger partial charge in [0.2, 0.25) is 0 Å². The predicted molar refractivity (Wildman–Crippen MR) is 80.5 cm³/mol. The number of piperidine rings is 1. The molecule has 0 amide bonds. The Kier molecular flexibility index (Phi) is 4.45. The van der Waals surface area contributed by atoms with Crippen LogP contribution in [0.1, 0.15) is 25.7 Å². The molecular formula is C15H21N5O. The lowest BCUT2D eigenvalue weighted by Gasteiger charge is -2.26. The first-order valence-electron chi connectivity index (χ1n) is 7.65. The van der Waals surface area contributed by atoms with Gasteiger partial charge in [0.25, 0.3) is 0 Å². The van der Waals surface area contributed by atoms with Gasteiger partial charge in [-0.15, -0.1) is 0 Å². The van der Waals surface area contributed by atoms with Gasteiger partial charge in [-0.25, -0.2) is 4.79 Å². The van der Waals surface area contributed by atoms with Crippen molar-refractivity contribution in [1.82, 2.24) is 24.7 Å². The number of hydrogen-bond donors (Lipinski definition) is 0. The molecule has 21 heavy (non-hydrogen) atoms. The van der Waals surface area contributed by atoms with Gasteiger partial charge >= 0.3 is 5.69 Å². The van der Waals surface area contributed by atoms with Crippen molar-refractivity contribution >= 4 is 0 Å². The molecule has 0 aliphatic carbocycles. The van der Waals surface area contributed by atoms with E-state index >= 15 is 0 Å². The summed E-state index contributed by atoms with van der Waals surface area (Å²) in [7, 11) is 0. The molecule has 2 aromatic rings. The molecule has 1 aliphatic rings. The Morgan fingerprint density at radius 3 is 2.48 bits per heavy atom. The molecular weight excluding hydrogens is 266 g/mol. The lowest BCUT2D eigenvalue weighted by Crippen LogP contribution is -2.32. The SMILES string of the molecule is O=c1n(CCCN2CCCCC2)nnn1-c1ccccc1. The van der Waals surface area contributed by atoms with Crippen molar-refractivity contribution in [3.05, 3.63) is 40.8 Å². The van der Waals surface area contributed by atoms with E-state index in [2.05, 4.69) is 15.3 Å². The second-order valence-electron chi connectivity index (χ2n) is 5.49. The van der Waals surface area contributed by atoms with Crippen LogP contribution in [0.4, 0.5) is 0 Å². The van der Waals surface area contributed by atoms with Crippen molar-refractivity contribution in [1.29, 1.82) is 0 Å². The minimum Gasteiger partial charge on any atom is -0.303 e. The Bertz CT molecular complexity index is 612. The van der Waals surface area contributed by atoms with E-state index in [9.17, 15) is 4.79 Å². The number of para-hydroxylation sites is 1. The molecule has 112 valence electrons. The first-order chi connectivity index (χ1) is 10.3. The van der Waals surface area contributed by atoms with E-state index in [0.717, 1.165) is 18.7 Å². The zero-order valence-electron chi connectivity index (χ0n) is 12.2. The summed E-state index contributed by atoms with van der Waals surface area (Å²) in [6.07, 6.45) is 4.88. The van der Waals surface area contributed by atoms with Crippen molar-refractivity contribution in [2.75, 3.05) is 19.6 Å². The van der Waals surface area contributed by atoms with Crippen LogP contribution in [0.15, 0.2) is 35.1 Å². The van der Waals surface area contributed by atoms with Crippen LogP contribution in [-0.4, -0.2) is 44.3 Å². The molecule has 0 bridgehead atoms. The molecule has 1 saturated heterocycles. The average Bonchev–Trinajstić information content (AvgIpc) is 2.90. The predicted octanol–water partition coefficient (Wildman–Crippen LogP) is 1.30. The number of rotatable bonds is 5. The van der Waals surface area contributed by atoms with Crippen LogP contribution >= 0.6 is 0 Å². The second kappa shape index (κ2) is 6.67. The summed E-state index contributed by atoms with van der Waals surface area (Å²) in [6, 6.07) is 9.40. The van der Waals surface area contributed by atoms with E-state index in [1.165, 1.54) is 41.7 Å². The Hall–Kier alpha value is -1.95. The third kappa shape index (κ3) is 3.39. The molecule has 1 fully saturated rings. The fourth-order valence-corrected chi connectivity index (χ4v) is 2.77. The van der Waals surface area contributed by atoms with E-state index in [4.69, 9.17) is 0 Å². The highest BCUT2D eigenvalue weighted by molar-refractivity contribution is 5.28. The van der Waals surface area contributed by atoms with E-state index in [1.807, 2.05) is 30.3 Å². The molecule has 1 aromatic carbocycles. The van der Waals surface area contributed by atoms with Gasteiger partial charge < -0.3 is 4.90 Å². The van der Waals surface area contributed by atoms with Gasteiger partial charge in [0.05, 0.1) is 5.69 Å². The van der Waals surface area contributed by atoms with Gasteiger partial charge in [-0.05, 0) is 61.5 Å². The van der Waals surface area contributed by atoms with Gasteiger partial charge in [0.1, 0.15) is 0 Å². The number of benzene rings is 1. The quantitative estimate of drug-likeness (QED) is 0.832. The third-order valence-corrected chi connectivity index (χ3v) is 3.93. The smallest absolute Gasteiger partial charge is 0.303 e. The third-order valence-electron chi connectivity index (χ3n) is 3.93. The van der Waals surface area contributed by atoms with Gasteiger partial charge in [0.15, 0.2) is 0 Å². The molecule has 0 radical (unpaired) electrons. The van der Waals surface area contributed by atoms with Crippen LogP contribution in [0.5, 0.6) is 0 Å². The lowest BCUT2D eigenvalue weighted by atomic mass is 10.1. The van der Waals surface area contributed by atoms with Crippen LogP contribution in [0.25, 0.3) is 5.69 Å². The first-order valence-corrected chi connectivity index (χ1v) is 7.65. The van der Waals surface area contributed by atoms with E-state index in [1.54, 1.807) is 0 Å². The molecule has 2 heterocycles. The summed E-state index contributed by atoms with van der Waals surface area (Å²) in [5, 5.41) is 7.93. The summed E-state index contributed by atoms with van der Waals surface area (Å²) < 4.78 is 2.80. The Morgan fingerprint density at radius 2 is 1.71 bits per heavy atom. The fourth-order valence-electron chi connectivity index (χ4n) is 2.77. The molecule has 0 N–H and O–H groups in total. The van der Waals surface area contributed by atoms with Gasteiger partial charge in [0, 0.05) is 6.54 Å². The molecule has 0 unspecified atom stereocenters. The number of aromatic nitrogens is 4. The standard InChI is InChI=1S/C15H21N5O/c21-15-19(13-7-12-18-10-5-2-6-11-18)16-17-20(15)14-8-3-1-4-9-14/h1,3-4,8-9H,2,5-7,10-13H2. The van der Waals surface area contributed by atoms with Crippen molar-refractivity contribution in [2.24, 2.45) is 0 Å². The molecule has 0 spiro atoms. The van der Waals surface area contributed by atoms with Crippen LogP contribution in [0.3, 0.4) is 0 Å². The van der Waals surface area contributed by atoms with Crippen molar-refractivity contribution in [3.63, 3.8) is 0 Å². The van der Waals surface area contributed by atoms with Gasteiger partial charge in [-0.2, -0.15) is 9.36 Å². The minimum atomic E-state index is -0.167. The number of aryl methyl sites for hydroxylation is 1. The number of likely N-dealkylation sites (tertiary alicyclic amines) is 1. The Labute approximate surface area is 124 Å². The highest BCUT2D eigenvalue weighted by atomic mass is 16.2. The molecule has 6 nitrogen and oxygen atoms in total. The molecule has 1 aromatic heterocycles. The van der Waals surface area contributed by atoms with E-state index in [0.29, 0.717) is 6.54 Å². The largest absolute Gasteiger partial charge is 0.368 e. The minimum absolute atomic E-state index is 0.167. The average molecular weight is 287 g/mol. The lowest BCUT2D eigenvalue weighted by molar-refractivity contribution is 0.221. The summed E-state index contributed by atoms with van der Waals surface area (Å²) in [4.78, 5) is 14.7. The van der Waals surface area contributed by atoms with Gasteiger partial charge in [-0.1, -0.05) is 24.6 Å². The van der Waals surface area contributed by atoms with Crippen LogP contribution in [-0.2, 0) is 6.54 Å². The van der Waals surface area contributed by atoms with Crippen LogP contribution < -0.4 is 5.69 Å². The zero-order chi connectivity index (χ0) is 14.5. The normalized spacial score (nSPS) is 16.2. The second-order valence-corrected chi connectivity index (χ2v) is 5.49. The van der Waals surface area contributed by atoms with E-state index in [-0.39, 0.29) is 5.69 Å². The zero-order valence-corrected chi connectivity index (χ0v) is 12.2. The van der Waals surface area contributed by atoms with Crippen molar-refractivity contribution < 1.29 is 0 Å². The topological polar surface area (TPSA) is 56.0 Å². The fraction of sp³-hybridized carbons (Fsp3) is 0.533. The van der Waals surface area contributed by atoms with E-state index < -0.39 is 0 Å². The highest BCUT2D eigenvalue weighted by Crippen LogP contribution is 2.08. The maximum absolute atomic E-state index is 12.2. The summed E-state index contributed by atoms with van der Waals surface area (Å²) in [6.45, 7) is 4.03. The highest BCUT2D eigenvalue weighted by Gasteiger charge is 2.11. The van der Waals surface area contributed by atoms with Crippen LogP contribution in [0.2, 0.25) is 0 Å². The molecule has 1 aliphatic heterocycles. The Balaban J connectivity index is 1.59. The molecule has 3 rings (SSSR count). The molecule has 0 saturated carbocycles. The van der Waals surface area contributed by atoms with Crippen molar-refractivity contribution in [3.8, 4) is 5.69 Å². The van der Waals surface area contributed by atoms with Crippen molar-refractivity contribution in [2.45, 2.75) is 32.2 Å². The monoisotopic (exact) mass is 287 g/mol. The number of nitrogens with zero attached hydrogens (tertiary/aromatic N) is 5. The van der Waals surface area contributed by atoms with Gasteiger partial charge in [-0.3, -0.25) is 0 Å². The maximum atomic E-state index is 12.2. The molecule has 6 heteroatoms. The summed E-state index contributed by atoms with van der Waals surface area (Å²) in [5.41, 5.74) is 0.588. The summed E-state index contributed by atoms with van der Waals surface area (Å²) >= 11 is 0. The molecule has 0 atom stereocenters. The van der Waals surface area contributed by atoms with Crippen LogP contribution in [0, 0.1) is 0 Å². The Morgan fingerprint density at radius 1 is 0.952 bits per heavy atom. The summed E-state index contributed by atoms with van der Waals surface area (Å²) in [5.74, 6) is 0. The first kappa shape index (κ1) is 14.0.